The smallest absolute Gasteiger partial charge is 0.315 e. The summed E-state index contributed by atoms with van der Waals surface area (Å²) in [4.78, 5) is 13.2. The molecule has 0 unspecified atom stereocenters. The molecule has 0 aliphatic heterocycles. The summed E-state index contributed by atoms with van der Waals surface area (Å²) >= 11 is 0. The van der Waals surface area contributed by atoms with E-state index in [4.69, 9.17) is 10.5 Å². The molecule has 1 aliphatic rings. The first-order valence-corrected chi connectivity index (χ1v) is 8.05. The molecule has 23 heavy (non-hydrogen) atoms. The van der Waals surface area contributed by atoms with Crippen LogP contribution in [0.4, 0.5) is 13.6 Å². The van der Waals surface area contributed by atoms with Gasteiger partial charge in [-0.1, -0.05) is 13.0 Å². The molecular weight excluding hydrogens is 302 g/mol. The van der Waals surface area contributed by atoms with E-state index in [0.29, 0.717) is 12.5 Å². The Morgan fingerprint density at radius 1 is 1.26 bits per heavy atom. The van der Waals surface area contributed by atoms with E-state index in [1.807, 2.05) is 0 Å². The summed E-state index contributed by atoms with van der Waals surface area (Å²) in [6, 6.07) is 3.37. The monoisotopic (exact) mass is 326 g/mol. The molecule has 2 N–H and O–H groups in total. The van der Waals surface area contributed by atoms with E-state index in [1.54, 1.807) is 4.90 Å². The number of nitrogens with zero attached hydrogens (tertiary/aromatic N) is 1. The zero-order valence-corrected chi connectivity index (χ0v) is 13.4. The van der Waals surface area contributed by atoms with Crippen molar-refractivity contribution in [2.45, 2.75) is 45.3 Å². The number of hydrogen-bond donors (Lipinski definition) is 1. The van der Waals surface area contributed by atoms with Crippen molar-refractivity contribution in [3.8, 4) is 0 Å². The van der Waals surface area contributed by atoms with Crippen molar-refractivity contribution >= 4 is 6.03 Å². The molecule has 1 aliphatic carbocycles. The average Bonchev–Trinajstić information content (AvgIpc) is 2.50. The Bertz CT molecular complexity index is 511. The zero-order valence-electron chi connectivity index (χ0n) is 13.4. The van der Waals surface area contributed by atoms with Crippen molar-refractivity contribution in [2.24, 2.45) is 11.7 Å². The second-order valence-electron chi connectivity index (χ2n) is 6.20. The Morgan fingerprint density at radius 3 is 2.43 bits per heavy atom. The predicted molar refractivity (Wildman–Crippen MR) is 83.7 cm³/mol. The van der Waals surface area contributed by atoms with Crippen molar-refractivity contribution in [3.05, 3.63) is 35.4 Å². The summed E-state index contributed by atoms with van der Waals surface area (Å²) in [5.74, 6) is -0.572. The highest BCUT2D eigenvalue weighted by Crippen LogP contribution is 2.27. The van der Waals surface area contributed by atoms with Crippen LogP contribution in [0.2, 0.25) is 0 Å². The number of primary amides is 1. The topological polar surface area (TPSA) is 55.6 Å². The minimum atomic E-state index is -0.627. The molecule has 0 atom stereocenters. The molecule has 1 aromatic rings. The van der Waals surface area contributed by atoms with Gasteiger partial charge in [0.05, 0.1) is 13.2 Å². The lowest BCUT2D eigenvalue weighted by Gasteiger charge is -2.35. The molecular formula is C17H24F2N2O2. The molecule has 2 amide bonds. The second kappa shape index (κ2) is 8.24. The predicted octanol–water partition coefficient (Wildman–Crippen LogP) is 3.44. The van der Waals surface area contributed by atoms with Crippen molar-refractivity contribution in [2.75, 3.05) is 13.2 Å². The van der Waals surface area contributed by atoms with Crippen LogP contribution in [0.5, 0.6) is 0 Å². The standard InChI is InChI=1S/C17H24F2N2O2/c1-12-5-7-13(8-6-12)21(17(20)22)9-10-23-11-14-15(18)3-2-4-16(14)19/h2-4,12-13H,5-11H2,1H3,(H2,20,22). The van der Waals surface area contributed by atoms with Gasteiger partial charge in [0, 0.05) is 18.2 Å². The van der Waals surface area contributed by atoms with E-state index in [1.165, 1.54) is 18.2 Å². The van der Waals surface area contributed by atoms with E-state index in [2.05, 4.69) is 6.92 Å². The number of ether oxygens (including phenoxy) is 1. The van der Waals surface area contributed by atoms with E-state index < -0.39 is 17.7 Å². The second-order valence-corrected chi connectivity index (χ2v) is 6.20. The Labute approximate surface area is 135 Å². The van der Waals surface area contributed by atoms with E-state index in [9.17, 15) is 13.6 Å². The van der Waals surface area contributed by atoms with Gasteiger partial charge in [-0.15, -0.1) is 0 Å². The van der Waals surface area contributed by atoms with Crippen molar-refractivity contribution < 1.29 is 18.3 Å². The molecule has 0 saturated heterocycles. The maximum absolute atomic E-state index is 13.5. The molecule has 1 saturated carbocycles. The minimum Gasteiger partial charge on any atom is -0.375 e. The fraction of sp³-hybridized carbons (Fsp3) is 0.588. The largest absolute Gasteiger partial charge is 0.375 e. The van der Waals surface area contributed by atoms with E-state index >= 15 is 0 Å². The van der Waals surface area contributed by atoms with Crippen LogP contribution < -0.4 is 5.73 Å². The van der Waals surface area contributed by atoms with Gasteiger partial charge in [-0.25, -0.2) is 13.6 Å². The zero-order chi connectivity index (χ0) is 16.8. The van der Waals surface area contributed by atoms with Crippen LogP contribution in [-0.4, -0.2) is 30.1 Å². The first-order chi connectivity index (χ1) is 11.0. The highest BCUT2D eigenvalue weighted by atomic mass is 19.1. The molecule has 0 radical (unpaired) electrons. The van der Waals surface area contributed by atoms with Crippen molar-refractivity contribution in [1.82, 2.24) is 4.90 Å². The number of amides is 2. The highest BCUT2D eigenvalue weighted by molar-refractivity contribution is 5.72. The minimum absolute atomic E-state index is 0.0929. The number of benzene rings is 1. The van der Waals surface area contributed by atoms with Crippen LogP contribution in [-0.2, 0) is 11.3 Å². The molecule has 6 heteroatoms. The lowest BCUT2D eigenvalue weighted by Crippen LogP contribution is -2.46. The molecule has 2 rings (SSSR count). The Hall–Kier alpha value is -1.69. The van der Waals surface area contributed by atoms with Gasteiger partial charge >= 0.3 is 6.03 Å². The summed E-state index contributed by atoms with van der Waals surface area (Å²) in [7, 11) is 0. The van der Waals surface area contributed by atoms with E-state index in [0.717, 1.165) is 25.7 Å². The number of carbonyl (C=O) groups is 1. The summed E-state index contributed by atoms with van der Waals surface area (Å²) in [5, 5.41) is 0. The van der Waals surface area contributed by atoms with Gasteiger partial charge in [-0.3, -0.25) is 0 Å². The number of hydrogen-bond acceptors (Lipinski definition) is 2. The summed E-state index contributed by atoms with van der Waals surface area (Å²) in [5.41, 5.74) is 5.36. The lowest BCUT2D eigenvalue weighted by atomic mass is 9.86. The number of urea groups is 1. The third-order valence-electron chi connectivity index (χ3n) is 4.49. The number of rotatable bonds is 6. The molecule has 0 aromatic heterocycles. The first-order valence-electron chi connectivity index (χ1n) is 8.05. The Morgan fingerprint density at radius 2 is 1.87 bits per heavy atom. The summed E-state index contributed by atoms with van der Waals surface area (Å²) in [6.07, 6.45) is 4.03. The van der Waals surface area contributed by atoms with Crippen LogP contribution in [0.15, 0.2) is 18.2 Å². The molecule has 1 aromatic carbocycles. The third-order valence-corrected chi connectivity index (χ3v) is 4.49. The maximum atomic E-state index is 13.5. The van der Waals surface area contributed by atoms with Gasteiger partial charge in [-0.05, 0) is 43.7 Å². The summed E-state index contributed by atoms with van der Waals surface area (Å²) < 4.78 is 32.3. The quantitative estimate of drug-likeness (QED) is 0.814. The van der Waals surface area contributed by atoms with Crippen LogP contribution in [0.1, 0.15) is 38.2 Å². The molecule has 4 nitrogen and oxygen atoms in total. The molecule has 0 heterocycles. The lowest BCUT2D eigenvalue weighted by molar-refractivity contribution is 0.0775. The van der Waals surface area contributed by atoms with Crippen molar-refractivity contribution in [1.29, 1.82) is 0 Å². The fourth-order valence-electron chi connectivity index (χ4n) is 3.03. The highest BCUT2D eigenvalue weighted by Gasteiger charge is 2.26. The molecule has 1 fully saturated rings. The maximum Gasteiger partial charge on any atom is 0.315 e. The van der Waals surface area contributed by atoms with Gasteiger partial charge in [0.25, 0.3) is 0 Å². The molecule has 128 valence electrons. The number of carbonyl (C=O) groups excluding carboxylic acids is 1. The van der Waals surface area contributed by atoms with Crippen LogP contribution in [0.25, 0.3) is 0 Å². The number of nitrogens with two attached hydrogens (primary N) is 1. The first kappa shape index (κ1) is 17.7. The Kier molecular flexibility index (Phi) is 6.33. The third kappa shape index (κ3) is 4.89. The molecule has 0 bridgehead atoms. The Balaban J connectivity index is 1.82. The van der Waals surface area contributed by atoms with Gasteiger partial charge < -0.3 is 15.4 Å². The van der Waals surface area contributed by atoms with Crippen LogP contribution >= 0.6 is 0 Å². The normalized spacial score (nSPS) is 21.2. The average molecular weight is 326 g/mol. The number of halogens is 2. The molecule has 0 spiro atoms. The van der Waals surface area contributed by atoms with Gasteiger partial charge in [0.2, 0.25) is 0 Å². The SMILES string of the molecule is CC1CCC(N(CCOCc2c(F)cccc2F)C(N)=O)CC1. The fourth-order valence-corrected chi connectivity index (χ4v) is 3.03. The van der Waals surface area contributed by atoms with E-state index in [-0.39, 0.29) is 24.8 Å². The van der Waals surface area contributed by atoms with Gasteiger partial charge in [-0.2, -0.15) is 0 Å². The van der Waals surface area contributed by atoms with Crippen LogP contribution in [0, 0.1) is 17.6 Å². The van der Waals surface area contributed by atoms with Crippen LogP contribution in [0.3, 0.4) is 0 Å². The van der Waals surface area contributed by atoms with Gasteiger partial charge in [0.15, 0.2) is 0 Å². The van der Waals surface area contributed by atoms with Gasteiger partial charge in [0.1, 0.15) is 11.6 Å². The summed E-state index contributed by atoms with van der Waals surface area (Å²) in [6.45, 7) is 2.58. The van der Waals surface area contributed by atoms with Crippen molar-refractivity contribution in [3.63, 3.8) is 0 Å².